The van der Waals surface area contributed by atoms with Crippen molar-refractivity contribution in [3.63, 3.8) is 0 Å². The van der Waals surface area contributed by atoms with Crippen molar-refractivity contribution >= 4 is 27.4 Å². The number of rotatable bonds is 6. The summed E-state index contributed by atoms with van der Waals surface area (Å²) in [5.41, 5.74) is 1.01. The molecule has 2 rings (SSSR count). The summed E-state index contributed by atoms with van der Waals surface area (Å²) in [7, 11) is -4.45. The number of nitro benzene ring substituents is 1. The Bertz CT molecular complexity index is 919. The summed E-state index contributed by atoms with van der Waals surface area (Å²) in [6, 6.07) is 9.68. The zero-order valence-corrected chi connectivity index (χ0v) is 14.4. The Kier molecular flexibility index (Phi) is 5.07. The third kappa shape index (κ3) is 3.94. The standard InChI is InChI=1S/C16H16N2O6S/c1-11-7-12(2)9-13(8-11)17(10-16(19)20)25(23,24)15-6-4-3-5-14(15)18(21)22/h3-9H,10H2,1-2H3,(H,19,20). The van der Waals surface area contributed by atoms with Gasteiger partial charge in [0.1, 0.15) is 6.54 Å². The van der Waals surface area contributed by atoms with Gasteiger partial charge in [-0.15, -0.1) is 0 Å². The molecule has 0 atom stereocenters. The van der Waals surface area contributed by atoms with Crippen molar-refractivity contribution in [2.24, 2.45) is 0 Å². The van der Waals surface area contributed by atoms with E-state index in [2.05, 4.69) is 0 Å². The Labute approximate surface area is 144 Å². The number of carboxylic acid groups (broad SMARTS) is 1. The number of hydrogen-bond acceptors (Lipinski definition) is 5. The van der Waals surface area contributed by atoms with Gasteiger partial charge >= 0.3 is 5.97 Å². The van der Waals surface area contributed by atoms with Crippen LogP contribution >= 0.6 is 0 Å². The predicted molar refractivity (Wildman–Crippen MR) is 91.2 cm³/mol. The number of nitrogens with zero attached hydrogens (tertiary/aromatic N) is 2. The van der Waals surface area contributed by atoms with Crippen molar-refractivity contribution in [3.05, 3.63) is 63.7 Å². The van der Waals surface area contributed by atoms with Crippen LogP contribution in [0.4, 0.5) is 11.4 Å². The first-order valence-electron chi connectivity index (χ1n) is 7.19. The van der Waals surface area contributed by atoms with Gasteiger partial charge < -0.3 is 5.11 Å². The first-order chi connectivity index (χ1) is 11.6. The minimum absolute atomic E-state index is 0.137. The molecule has 1 N–H and O–H groups in total. The number of anilines is 1. The summed E-state index contributed by atoms with van der Waals surface area (Å²) < 4.78 is 26.6. The molecule has 0 aliphatic heterocycles. The van der Waals surface area contributed by atoms with E-state index in [0.717, 1.165) is 23.3 Å². The first kappa shape index (κ1) is 18.4. The smallest absolute Gasteiger partial charge is 0.324 e. The molecule has 0 aliphatic carbocycles. The SMILES string of the molecule is Cc1cc(C)cc(N(CC(=O)O)S(=O)(=O)c2ccccc2[N+](=O)[O-])c1. The summed E-state index contributed by atoms with van der Waals surface area (Å²) in [6.45, 7) is 2.64. The number of carbonyl (C=O) groups is 1. The van der Waals surface area contributed by atoms with E-state index in [9.17, 15) is 23.3 Å². The highest BCUT2D eigenvalue weighted by atomic mass is 32.2. The third-order valence-electron chi connectivity index (χ3n) is 3.40. The van der Waals surface area contributed by atoms with Gasteiger partial charge in [0.25, 0.3) is 15.7 Å². The first-order valence-corrected chi connectivity index (χ1v) is 8.63. The van der Waals surface area contributed by atoms with Crippen molar-refractivity contribution < 1.29 is 23.2 Å². The molecule has 0 bridgehead atoms. The molecule has 0 spiro atoms. The number of nitro groups is 1. The van der Waals surface area contributed by atoms with Crippen LogP contribution in [0.1, 0.15) is 11.1 Å². The number of aryl methyl sites for hydroxylation is 2. The molecule has 8 nitrogen and oxygen atoms in total. The van der Waals surface area contributed by atoms with Gasteiger partial charge in [0.2, 0.25) is 0 Å². The van der Waals surface area contributed by atoms with Gasteiger partial charge in [-0.05, 0) is 43.2 Å². The summed E-state index contributed by atoms with van der Waals surface area (Å²) in [5, 5.41) is 20.3. The van der Waals surface area contributed by atoms with Gasteiger partial charge in [-0.1, -0.05) is 18.2 Å². The second-order valence-electron chi connectivity index (χ2n) is 5.48. The van der Waals surface area contributed by atoms with Crippen molar-refractivity contribution in [2.75, 3.05) is 10.8 Å². The molecule has 0 aliphatic rings. The van der Waals surface area contributed by atoms with Gasteiger partial charge in [-0.3, -0.25) is 19.2 Å². The number of hydrogen-bond donors (Lipinski definition) is 1. The maximum Gasteiger partial charge on any atom is 0.324 e. The van der Waals surface area contributed by atoms with Crippen LogP contribution in [-0.2, 0) is 14.8 Å². The van der Waals surface area contributed by atoms with E-state index < -0.39 is 38.0 Å². The predicted octanol–water partition coefficient (Wildman–Crippen LogP) is 2.49. The molecule has 0 amide bonds. The number of para-hydroxylation sites is 1. The maximum absolute atomic E-state index is 13.0. The summed E-state index contributed by atoms with van der Waals surface area (Å²) in [5.74, 6) is -1.37. The average Bonchev–Trinajstić information content (AvgIpc) is 2.51. The minimum atomic E-state index is -4.45. The van der Waals surface area contributed by atoms with Crippen molar-refractivity contribution in [2.45, 2.75) is 18.7 Å². The van der Waals surface area contributed by atoms with E-state index >= 15 is 0 Å². The highest BCUT2D eigenvalue weighted by Gasteiger charge is 2.33. The fourth-order valence-electron chi connectivity index (χ4n) is 2.48. The molecule has 0 radical (unpaired) electrons. The van der Waals surface area contributed by atoms with Crippen LogP contribution in [0.15, 0.2) is 47.4 Å². The van der Waals surface area contributed by atoms with Crippen LogP contribution in [0.2, 0.25) is 0 Å². The molecular formula is C16H16N2O6S. The number of aliphatic carboxylic acids is 1. The van der Waals surface area contributed by atoms with Gasteiger partial charge in [0.05, 0.1) is 10.6 Å². The number of carboxylic acids is 1. The quantitative estimate of drug-likeness (QED) is 0.621. The van der Waals surface area contributed by atoms with Gasteiger partial charge in [0, 0.05) is 6.07 Å². The Morgan fingerprint density at radius 1 is 1.16 bits per heavy atom. The lowest BCUT2D eigenvalue weighted by molar-refractivity contribution is -0.387. The van der Waals surface area contributed by atoms with E-state index in [-0.39, 0.29) is 5.69 Å². The van der Waals surface area contributed by atoms with E-state index in [1.54, 1.807) is 19.9 Å². The van der Waals surface area contributed by atoms with Crippen LogP contribution in [0.25, 0.3) is 0 Å². The summed E-state index contributed by atoms with van der Waals surface area (Å²) in [6.07, 6.45) is 0. The van der Waals surface area contributed by atoms with Crippen LogP contribution in [0.3, 0.4) is 0 Å². The van der Waals surface area contributed by atoms with Gasteiger partial charge in [0.15, 0.2) is 4.90 Å². The Hall–Kier alpha value is -2.94. The maximum atomic E-state index is 13.0. The Balaban J connectivity index is 2.69. The molecular weight excluding hydrogens is 348 g/mol. The molecule has 132 valence electrons. The Morgan fingerprint density at radius 3 is 2.24 bits per heavy atom. The molecule has 25 heavy (non-hydrogen) atoms. The third-order valence-corrected chi connectivity index (χ3v) is 5.22. The minimum Gasteiger partial charge on any atom is -0.480 e. The second kappa shape index (κ2) is 6.89. The fraction of sp³-hybridized carbons (Fsp3) is 0.188. The zero-order chi connectivity index (χ0) is 18.8. The van der Waals surface area contributed by atoms with E-state index in [4.69, 9.17) is 5.11 Å². The van der Waals surface area contributed by atoms with Gasteiger partial charge in [-0.25, -0.2) is 8.42 Å². The molecule has 0 aromatic heterocycles. The van der Waals surface area contributed by atoms with E-state index in [1.165, 1.54) is 24.3 Å². The molecule has 0 heterocycles. The van der Waals surface area contributed by atoms with E-state index in [1.807, 2.05) is 0 Å². The lowest BCUT2D eigenvalue weighted by atomic mass is 10.1. The van der Waals surface area contributed by atoms with Crippen molar-refractivity contribution in [3.8, 4) is 0 Å². The van der Waals surface area contributed by atoms with Gasteiger partial charge in [-0.2, -0.15) is 0 Å². The molecule has 9 heteroatoms. The molecule has 2 aromatic rings. The molecule has 2 aromatic carbocycles. The highest BCUT2D eigenvalue weighted by molar-refractivity contribution is 7.93. The lowest BCUT2D eigenvalue weighted by Gasteiger charge is -2.23. The van der Waals surface area contributed by atoms with Crippen molar-refractivity contribution in [1.29, 1.82) is 0 Å². The molecule has 0 unspecified atom stereocenters. The van der Waals surface area contributed by atoms with Crippen LogP contribution in [0.5, 0.6) is 0 Å². The van der Waals surface area contributed by atoms with E-state index in [0.29, 0.717) is 4.31 Å². The monoisotopic (exact) mass is 364 g/mol. The van der Waals surface area contributed by atoms with Crippen LogP contribution in [0, 0.1) is 24.0 Å². The van der Waals surface area contributed by atoms with Crippen molar-refractivity contribution in [1.82, 2.24) is 0 Å². The largest absolute Gasteiger partial charge is 0.480 e. The fourth-order valence-corrected chi connectivity index (χ4v) is 4.04. The Morgan fingerprint density at radius 2 is 1.72 bits per heavy atom. The number of benzene rings is 2. The number of sulfonamides is 1. The molecule has 0 saturated heterocycles. The van der Waals surface area contributed by atoms with Crippen LogP contribution < -0.4 is 4.31 Å². The average molecular weight is 364 g/mol. The molecule has 0 saturated carbocycles. The highest BCUT2D eigenvalue weighted by Crippen LogP contribution is 2.30. The normalized spacial score (nSPS) is 11.1. The lowest BCUT2D eigenvalue weighted by Crippen LogP contribution is -2.36. The summed E-state index contributed by atoms with van der Waals surface area (Å²) >= 11 is 0. The van der Waals surface area contributed by atoms with Crippen LogP contribution in [-0.4, -0.2) is 31.0 Å². The summed E-state index contributed by atoms with van der Waals surface area (Å²) in [4.78, 5) is 21.0. The molecule has 0 fully saturated rings. The topological polar surface area (TPSA) is 118 Å². The zero-order valence-electron chi connectivity index (χ0n) is 13.5. The second-order valence-corrected chi connectivity index (χ2v) is 7.31.